The molecule has 1 rings (SSSR count). The lowest BCUT2D eigenvalue weighted by molar-refractivity contribution is 0.128. The molecule has 0 unspecified atom stereocenters. The number of hydrogen-bond acceptors (Lipinski definition) is 3. The SMILES string of the molecule is COCCNCC1CN(C)C1. The molecular formula is C8H18N2O. The summed E-state index contributed by atoms with van der Waals surface area (Å²) in [6, 6.07) is 0. The molecule has 0 amide bonds. The molecule has 0 atom stereocenters. The van der Waals surface area contributed by atoms with Crippen LogP contribution in [0.3, 0.4) is 0 Å². The second kappa shape index (κ2) is 4.70. The number of hydrogen-bond donors (Lipinski definition) is 1. The minimum Gasteiger partial charge on any atom is -0.383 e. The van der Waals surface area contributed by atoms with Gasteiger partial charge in [-0.1, -0.05) is 0 Å². The molecule has 0 aromatic rings. The van der Waals surface area contributed by atoms with Gasteiger partial charge in [-0.3, -0.25) is 0 Å². The number of nitrogens with one attached hydrogen (secondary N) is 1. The lowest BCUT2D eigenvalue weighted by atomic mass is 10.0. The monoisotopic (exact) mass is 158 g/mol. The summed E-state index contributed by atoms with van der Waals surface area (Å²) in [5, 5.41) is 3.36. The van der Waals surface area contributed by atoms with Crippen LogP contribution in [-0.4, -0.2) is 51.8 Å². The molecule has 0 aromatic carbocycles. The Morgan fingerprint density at radius 2 is 2.27 bits per heavy atom. The molecule has 1 aliphatic heterocycles. The van der Waals surface area contributed by atoms with Gasteiger partial charge in [-0.2, -0.15) is 0 Å². The molecule has 1 heterocycles. The van der Waals surface area contributed by atoms with Crippen molar-refractivity contribution in [1.82, 2.24) is 10.2 Å². The fraction of sp³-hybridized carbons (Fsp3) is 1.00. The summed E-state index contributed by atoms with van der Waals surface area (Å²) in [5.41, 5.74) is 0. The molecule has 1 saturated heterocycles. The van der Waals surface area contributed by atoms with Gasteiger partial charge < -0.3 is 15.0 Å². The predicted molar refractivity (Wildman–Crippen MR) is 45.7 cm³/mol. The maximum absolute atomic E-state index is 4.92. The summed E-state index contributed by atoms with van der Waals surface area (Å²) in [6.45, 7) is 5.45. The third-order valence-corrected chi connectivity index (χ3v) is 2.06. The van der Waals surface area contributed by atoms with E-state index in [2.05, 4.69) is 17.3 Å². The van der Waals surface area contributed by atoms with E-state index in [0.29, 0.717) is 0 Å². The predicted octanol–water partition coefficient (Wildman–Crippen LogP) is -0.216. The van der Waals surface area contributed by atoms with E-state index in [1.54, 1.807) is 7.11 Å². The number of methoxy groups -OCH3 is 1. The minimum absolute atomic E-state index is 0.822. The summed E-state index contributed by atoms with van der Waals surface area (Å²) in [5.74, 6) is 0.872. The van der Waals surface area contributed by atoms with Crippen LogP contribution >= 0.6 is 0 Å². The van der Waals surface area contributed by atoms with Crippen molar-refractivity contribution in [2.24, 2.45) is 5.92 Å². The lowest BCUT2D eigenvalue weighted by Crippen LogP contribution is -2.48. The van der Waals surface area contributed by atoms with Gasteiger partial charge in [0, 0.05) is 33.3 Å². The topological polar surface area (TPSA) is 24.5 Å². The van der Waals surface area contributed by atoms with Crippen molar-refractivity contribution < 1.29 is 4.74 Å². The highest BCUT2D eigenvalue weighted by Crippen LogP contribution is 2.10. The quantitative estimate of drug-likeness (QED) is 0.560. The standard InChI is InChI=1S/C8H18N2O/c1-10-6-8(7-10)5-9-3-4-11-2/h8-9H,3-7H2,1-2H3. The number of nitrogens with zero attached hydrogens (tertiary/aromatic N) is 1. The third-order valence-electron chi connectivity index (χ3n) is 2.06. The molecular weight excluding hydrogens is 140 g/mol. The van der Waals surface area contributed by atoms with Crippen LogP contribution in [-0.2, 0) is 4.74 Å². The van der Waals surface area contributed by atoms with Gasteiger partial charge in [-0.15, -0.1) is 0 Å². The highest BCUT2D eigenvalue weighted by Gasteiger charge is 2.21. The summed E-state index contributed by atoms with van der Waals surface area (Å²) >= 11 is 0. The molecule has 0 saturated carbocycles. The molecule has 3 heteroatoms. The van der Waals surface area contributed by atoms with Crippen LogP contribution in [0.4, 0.5) is 0 Å². The van der Waals surface area contributed by atoms with E-state index < -0.39 is 0 Å². The molecule has 11 heavy (non-hydrogen) atoms. The summed E-state index contributed by atoms with van der Waals surface area (Å²) in [7, 11) is 3.89. The average molecular weight is 158 g/mol. The molecule has 66 valence electrons. The minimum atomic E-state index is 0.822. The fourth-order valence-electron chi connectivity index (χ4n) is 1.44. The molecule has 1 aliphatic rings. The van der Waals surface area contributed by atoms with Gasteiger partial charge in [0.15, 0.2) is 0 Å². The van der Waals surface area contributed by atoms with E-state index in [9.17, 15) is 0 Å². The Hall–Kier alpha value is -0.120. The second-order valence-corrected chi connectivity index (χ2v) is 3.28. The van der Waals surface area contributed by atoms with Gasteiger partial charge in [0.25, 0.3) is 0 Å². The van der Waals surface area contributed by atoms with Gasteiger partial charge in [-0.25, -0.2) is 0 Å². The zero-order valence-corrected chi connectivity index (χ0v) is 7.47. The van der Waals surface area contributed by atoms with Crippen molar-refractivity contribution in [2.75, 3.05) is 46.9 Å². The number of likely N-dealkylation sites (tertiary alicyclic amines) is 1. The Labute approximate surface area is 68.7 Å². The zero-order valence-electron chi connectivity index (χ0n) is 7.47. The molecule has 1 fully saturated rings. The fourth-order valence-corrected chi connectivity index (χ4v) is 1.44. The maximum atomic E-state index is 4.92. The first-order valence-corrected chi connectivity index (χ1v) is 4.21. The van der Waals surface area contributed by atoms with E-state index in [0.717, 1.165) is 25.6 Å². The number of ether oxygens (including phenoxy) is 1. The molecule has 0 bridgehead atoms. The first-order valence-electron chi connectivity index (χ1n) is 4.21. The van der Waals surface area contributed by atoms with E-state index in [1.807, 2.05) is 0 Å². The van der Waals surface area contributed by atoms with Crippen molar-refractivity contribution in [3.8, 4) is 0 Å². The van der Waals surface area contributed by atoms with Crippen LogP contribution in [0.2, 0.25) is 0 Å². The zero-order chi connectivity index (χ0) is 8.10. The molecule has 0 spiro atoms. The normalized spacial score (nSPS) is 20.2. The largest absolute Gasteiger partial charge is 0.383 e. The average Bonchev–Trinajstić information content (AvgIpc) is 1.94. The van der Waals surface area contributed by atoms with Crippen LogP contribution in [0, 0.1) is 5.92 Å². The number of rotatable bonds is 5. The Balaban J connectivity index is 1.81. The molecule has 0 aliphatic carbocycles. The summed E-state index contributed by atoms with van der Waals surface area (Å²) < 4.78 is 4.92. The van der Waals surface area contributed by atoms with Crippen LogP contribution in [0.15, 0.2) is 0 Å². The lowest BCUT2D eigenvalue weighted by Gasteiger charge is -2.36. The third kappa shape index (κ3) is 3.18. The van der Waals surface area contributed by atoms with Crippen LogP contribution < -0.4 is 5.32 Å². The molecule has 0 aromatic heterocycles. The maximum Gasteiger partial charge on any atom is 0.0587 e. The van der Waals surface area contributed by atoms with Crippen molar-refractivity contribution in [1.29, 1.82) is 0 Å². The van der Waals surface area contributed by atoms with E-state index >= 15 is 0 Å². The Kier molecular flexibility index (Phi) is 3.83. The van der Waals surface area contributed by atoms with Crippen LogP contribution in [0.5, 0.6) is 0 Å². The van der Waals surface area contributed by atoms with Gasteiger partial charge in [-0.05, 0) is 13.0 Å². The summed E-state index contributed by atoms with van der Waals surface area (Å²) in [6.07, 6.45) is 0. The Morgan fingerprint density at radius 3 is 2.82 bits per heavy atom. The van der Waals surface area contributed by atoms with Gasteiger partial charge in [0.05, 0.1) is 6.61 Å². The van der Waals surface area contributed by atoms with E-state index in [1.165, 1.54) is 13.1 Å². The van der Waals surface area contributed by atoms with Gasteiger partial charge >= 0.3 is 0 Å². The van der Waals surface area contributed by atoms with Crippen LogP contribution in [0.25, 0.3) is 0 Å². The van der Waals surface area contributed by atoms with E-state index in [4.69, 9.17) is 4.74 Å². The highest BCUT2D eigenvalue weighted by molar-refractivity contribution is 4.78. The second-order valence-electron chi connectivity index (χ2n) is 3.28. The van der Waals surface area contributed by atoms with Crippen molar-refractivity contribution in [2.45, 2.75) is 0 Å². The molecule has 0 radical (unpaired) electrons. The Bertz CT molecular complexity index is 102. The van der Waals surface area contributed by atoms with Crippen LogP contribution in [0.1, 0.15) is 0 Å². The van der Waals surface area contributed by atoms with Crippen molar-refractivity contribution in [3.63, 3.8) is 0 Å². The molecule has 1 N–H and O–H groups in total. The first-order chi connectivity index (χ1) is 5.33. The molecule has 3 nitrogen and oxygen atoms in total. The van der Waals surface area contributed by atoms with Gasteiger partial charge in [0.1, 0.15) is 0 Å². The summed E-state index contributed by atoms with van der Waals surface area (Å²) in [4.78, 5) is 2.34. The van der Waals surface area contributed by atoms with Crippen molar-refractivity contribution >= 4 is 0 Å². The first kappa shape index (κ1) is 8.97. The highest BCUT2D eigenvalue weighted by atomic mass is 16.5. The van der Waals surface area contributed by atoms with E-state index in [-0.39, 0.29) is 0 Å². The van der Waals surface area contributed by atoms with Gasteiger partial charge in [0.2, 0.25) is 0 Å². The van der Waals surface area contributed by atoms with Crippen molar-refractivity contribution in [3.05, 3.63) is 0 Å². The smallest absolute Gasteiger partial charge is 0.0587 e. The Morgan fingerprint density at radius 1 is 1.55 bits per heavy atom.